The van der Waals surface area contributed by atoms with Crippen LogP contribution in [0.15, 0.2) is 0 Å². The summed E-state index contributed by atoms with van der Waals surface area (Å²) in [6.07, 6.45) is 3.88. The molecule has 2 unspecified atom stereocenters. The summed E-state index contributed by atoms with van der Waals surface area (Å²) in [6.45, 7) is 4.48. The van der Waals surface area contributed by atoms with Gasteiger partial charge in [0.05, 0.1) is 18.2 Å². The van der Waals surface area contributed by atoms with Gasteiger partial charge in [0.2, 0.25) is 5.91 Å². The predicted octanol–water partition coefficient (Wildman–Crippen LogP) is 0.424. The minimum Gasteiger partial charge on any atom is -0.379 e. The van der Waals surface area contributed by atoms with Crippen LogP contribution in [-0.2, 0) is 9.53 Å². The molecule has 0 spiro atoms. The Kier molecular flexibility index (Phi) is 3.26. The van der Waals surface area contributed by atoms with Gasteiger partial charge < -0.3 is 15.4 Å². The average Bonchev–Trinajstić information content (AvgIpc) is 2.87. The second-order valence-corrected chi connectivity index (χ2v) is 4.50. The van der Waals surface area contributed by atoms with Crippen molar-refractivity contribution in [3.63, 3.8) is 0 Å². The first-order chi connectivity index (χ1) is 7.27. The van der Waals surface area contributed by atoms with E-state index in [1.54, 1.807) is 0 Å². The molecule has 2 saturated heterocycles. The number of amides is 1. The molecule has 0 aromatic carbocycles. The lowest BCUT2D eigenvalue weighted by atomic mass is 9.93. The molecule has 0 saturated carbocycles. The standard InChI is InChI=1S/C11H20N2O2/c1-2-11(5-3-6-12-11)10(14)13-9-4-7-15-8-9/h9,12H,2-8H2,1H3,(H,13,14). The highest BCUT2D eigenvalue weighted by Crippen LogP contribution is 2.23. The molecule has 0 radical (unpaired) electrons. The zero-order valence-electron chi connectivity index (χ0n) is 9.34. The first-order valence-corrected chi connectivity index (χ1v) is 5.90. The summed E-state index contributed by atoms with van der Waals surface area (Å²) < 4.78 is 5.25. The zero-order chi connectivity index (χ0) is 10.7. The van der Waals surface area contributed by atoms with Crippen LogP contribution >= 0.6 is 0 Å². The quantitative estimate of drug-likeness (QED) is 0.713. The Morgan fingerprint density at radius 3 is 3.07 bits per heavy atom. The van der Waals surface area contributed by atoms with E-state index in [4.69, 9.17) is 4.74 Å². The van der Waals surface area contributed by atoms with E-state index in [1.807, 2.05) is 0 Å². The first-order valence-electron chi connectivity index (χ1n) is 5.90. The highest BCUT2D eigenvalue weighted by molar-refractivity contribution is 5.86. The lowest BCUT2D eigenvalue weighted by Gasteiger charge is -2.28. The van der Waals surface area contributed by atoms with Crippen LogP contribution in [0.5, 0.6) is 0 Å². The molecule has 2 heterocycles. The van der Waals surface area contributed by atoms with Crippen LogP contribution in [0.2, 0.25) is 0 Å². The molecule has 2 fully saturated rings. The van der Waals surface area contributed by atoms with E-state index < -0.39 is 0 Å². The van der Waals surface area contributed by atoms with Crippen LogP contribution in [0.1, 0.15) is 32.6 Å². The molecule has 2 rings (SSSR count). The summed E-state index contributed by atoms with van der Waals surface area (Å²) in [5.74, 6) is 0.165. The van der Waals surface area contributed by atoms with Gasteiger partial charge in [-0.1, -0.05) is 6.92 Å². The Hall–Kier alpha value is -0.610. The minimum atomic E-state index is -0.303. The SMILES string of the molecule is CCC1(C(=O)NC2CCOC2)CCCN1. The molecule has 4 nitrogen and oxygen atoms in total. The summed E-state index contributed by atoms with van der Waals surface area (Å²) >= 11 is 0. The van der Waals surface area contributed by atoms with E-state index in [9.17, 15) is 4.79 Å². The molecule has 0 aromatic rings. The number of carbonyl (C=O) groups is 1. The van der Waals surface area contributed by atoms with Crippen LogP contribution < -0.4 is 10.6 Å². The van der Waals surface area contributed by atoms with Gasteiger partial charge in [0.1, 0.15) is 0 Å². The fourth-order valence-corrected chi connectivity index (χ4v) is 2.43. The molecule has 4 heteroatoms. The van der Waals surface area contributed by atoms with Gasteiger partial charge in [-0.3, -0.25) is 4.79 Å². The van der Waals surface area contributed by atoms with Crippen LogP contribution in [0, 0.1) is 0 Å². The van der Waals surface area contributed by atoms with Gasteiger partial charge in [-0.05, 0) is 32.2 Å². The molecule has 2 aliphatic rings. The molecule has 0 aromatic heterocycles. The summed E-state index contributed by atoms with van der Waals surface area (Å²) in [6, 6.07) is 0.225. The predicted molar refractivity (Wildman–Crippen MR) is 57.6 cm³/mol. The van der Waals surface area contributed by atoms with Crippen molar-refractivity contribution >= 4 is 5.91 Å². The lowest BCUT2D eigenvalue weighted by molar-refractivity contribution is -0.128. The number of nitrogens with one attached hydrogen (secondary N) is 2. The Bertz CT molecular complexity index is 231. The maximum atomic E-state index is 12.1. The molecular weight excluding hydrogens is 192 g/mol. The van der Waals surface area contributed by atoms with Crippen LogP contribution in [0.3, 0.4) is 0 Å². The second kappa shape index (κ2) is 4.49. The summed E-state index contributed by atoms with van der Waals surface area (Å²) in [5, 5.41) is 6.43. The third kappa shape index (κ3) is 2.16. The summed E-state index contributed by atoms with van der Waals surface area (Å²) in [4.78, 5) is 12.1. The number of hydrogen-bond donors (Lipinski definition) is 2. The van der Waals surface area contributed by atoms with Crippen molar-refractivity contribution in [2.75, 3.05) is 19.8 Å². The van der Waals surface area contributed by atoms with Crippen molar-refractivity contribution in [2.45, 2.75) is 44.2 Å². The zero-order valence-corrected chi connectivity index (χ0v) is 9.34. The Balaban J connectivity index is 1.92. The van der Waals surface area contributed by atoms with Gasteiger partial charge in [0.15, 0.2) is 0 Å². The smallest absolute Gasteiger partial charge is 0.240 e. The number of rotatable bonds is 3. The molecule has 2 atom stereocenters. The third-order valence-corrected chi connectivity index (χ3v) is 3.55. The van der Waals surface area contributed by atoms with Crippen molar-refractivity contribution in [2.24, 2.45) is 0 Å². The molecular formula is C11H20N2O2. The Labute approximate surface area is 90.8 Å². The van der Waals surface area contributed by atoms with Crippen molar-refractivity contribution in [1.82, 2.24) is 10.6 Å². The fourth-order valence-electron chi connectivity index (χ4n) is 2.43. The maximum absolute atomic E-state index is 12.1. The van der Waals surface area contributed by atoms with E-state index in [0.717, 1.165) is 38.8 Å². The van der Waals surface area contributed by atoms with E-state index in [1.165, 1.54) is 0 Å². The Morgan fingerprint density at radius 2 is 2.53 bits per heavy atom. The Morgan fingerprint density at radius 1 is 1.67 bits per heavy atom. The van der Waals surface area contributed by atoms with Gasteiger partial charge in [0, 0.05) is 6.61 Å². The third-order valence-electron chi connectivity index (χ3n) is 3.55. The van der Waals surface area contributed by atoms with E-state index in [0.29, 0.717) is 6.61 Å². The summed E-state index contributed by atoms with van der Waals surface area (Å²) in [5.41, 5.74) is -0.303. The summed E-state index contributed by atoms with van der Waals surface area (Å²) in [7, 11) is 0. The number of ether oxygens (including phenoxy) is 1. The van der Waals surface area contributed by atoms with Gasteiger partial charge in [0.25, 0.3) is 0 Å². The second-order valence-electron chi connectivity index (χ2n) is 4.50. The number of carbonyl (C=O) groups excluding carboxylic acids is 1. The van der Waals surface area contributed by atoms with Gasteiger partial charge in [-0.15, -0.1) is 0 Å². The van der Waals surface area contributed by atoms with Crippen molar-refractivity contribution < 1.29 is 9.53 Å². The van der Waals surface area contributed by atoms with Crippen molar-refractivity contribution in [3.8, 4) is 0 Å². The molecule has 86 valence electrons. The van der Waals surface area contributed by atoms with E-state index >= 15 is 0 Å². The maximum Gasteiger partial charge on any atom is 0.240 e. The van der Waals surface area contributed by atoms with Crippen molar-refractivity contribution in [1.29, 1.82) is 0 Å². The largest absolute Gasteiger partial charge is 0.379 e. The highest BCUT2D eigenvalue weighted by atomic mass is 16.5. The normalized spacial score (nSPS) is 35.7. The first kappa shape index (κ1) is 10.9. The van der Waals surface area contributed by atoms with E-state index in [-0.39, 0.29) is 17.5 Å². The number of hydrogen-bond acceptors (Lipinski definition) is 3. The van der Waals surface area contributed by atoms with Gasteiger partial charge in [-0.25, -0.2) is 0 Å². The average molecular weight is 212 g/mol. The molecule has 2 N–H and O–H groups in total. The van der Waals surface area contributed by atoms with E-state index in [2.05, 4.69) is 17.6 Å². The van der Waals surface area contributed by atoms with Crippen molar-refractivity contribution in [3.05, 3.63) is 0 Å². The van der Waals surface area contributed by atoms with Crippen LogP contribution in [-0.4, -0.2) is 37.2 Å². The highest BCUT2D eigenvalue weighted by Gasteiger charge is 2.40. The topological polar surface area (TPSA) is 50.4 Å². The lowest BCUT2D eigenvalue weighted by Crippen LogP contribution is -2.55. The van der Waals surface area contributed by atoms with Gasteiger partial charge >= 0.3 is 0 Å². The fraction of sp³-hybridized carbons (Fsp3) is 0.909. The van der Waals surface area contributed by atoms with Crippen LogP contribution in [0.25, 0.3) is 0 Å². The minimum absolute atomic E-state index is 0.165. The monoisotopic (exact) mass is 212 g/mol. The molecule has 15 heavy (non-hydrogen) atoms. The molecule has 2 aliphatic heterocycles. The molecule has 0 aliphatic carbocycles. The molecule has 1 amide bonds. The molecule has 0 bridgehead atoms. The van der Waals surface area contributed by atoms with Gasteiger partial charge in [-0.2, -0.15) is 0 Å². The van der Waals surface area contributed by atoms with Crippen LogP contribution in [0.4, 0.5) is 0 Å².